The van der Waals surface area contributed by atoms with Crippen LogP contribution in [-0.4, -0.2) is 30.2 Å². The van der Waals surface area contributed by atoms with E-state index in [4.69, 9.17) is 0 Å². The molecule has 0 spiro atoms. The number of hydrogen-bond acceptors (Lipinski definition) is 3. The molecule has 1 fully saturated rings. The number of hydrogen-bond donors (Lipinski definition) is 2. The highest BCUT2D eigenvalue weighted by Crippen LogP contribution is 2.43. The zero-order valence-corrected chi connectivity index (χ0v) is 12.2. The van der Waals surface area contributed by atoms with E-state index in [9.17, 15) is 18.0 Å². The summed E-state index contributed by atoms with van der Waals surface area (Å²) < 4.78 is 40.3. The first-order valence-electron chi connectivity index (χ1n) is 5.97. The summed E-state index contributed by atoms with van der Waals surface area (Å²) in [6.07, 6.45) is -3.42. The Kier molecular flexibility index (Phi) is 4.06. The molecule has 2 rings (SSSR count). The molecule has 0 bridgehead atoms. The highest BCUT2D eigenvalue weighted by Gasteiger charge is 2.61. The van der Waals surface area contributed by atoms with Gasteiger partial charge in [-0.15, -0.1) is 0 Å². The first-order valence-corrected chi connectivity index (χ1v) is 6.77. The molecule has 1 unspecified atom stereocenters. The standard InChI is InChI=1S/C12H13BrF3N3O/c1-7-4-9(18-5-8(7)13)19-10(20)11(12(14,15)16)2-3-17-6-11/h4-5,17H,2-3,6H2,1H3,(H,18,19,20). The summed E-state index contributed by atoms with van der Waals surface area (Å²) in [5, 5.41) is 4.87. The number of nitrogens with zero attached hydrogens (tertiary/aromatic N) is 1. The van der Waals surface area contributed by atoms with Gasteiger partial charge in [0.15, 0.2) is 5.41 Å². The number of halogens is 4. The van der Waals surface area contributed by atoms with Crippen molar-refractivity contribution in [1.82, 2.24) is 10.3 Å². The Morgan fingerprint density at radius 1 is 1.55 bits per heavy atom. The van der Waals surface area contributed by atoms with Crippen molar-refractivity contribution >= 4 is 27.7 Å². The molecule has 0 aliphatic carbocycles. The van der Waals surface area contributed by atoms with Gasteiger partial charge in [0.25, 0.3) is 0 Å². The Hall–Kier alpha value is -1.15. The summed E-state index contributed by atoms with van der Waals surface area (Å²) in [5.41, 5.74) is -1.60. The van der Waals surface area contributed by atoms with Gasteiger partial charge in [-0.05, 0) is 47.4 Å². The van der Waals surface area contributed by atoms with E-state index in [2.05, 4.69) is 31.5 Å². The van der Waals surface area contributed by atoms with Gasteiger partial charge in [-0.25, -0.2) is 4.98 Å². The second-order valence-corrected chi connectivity index (χ2v) is 5.63. The first kappa shape index (κ1) is 15.2. The number of nitrogens with one attached hydrogen (secondary N) is 2. The third kappa shape index (κ3) is 2.67. The number of pyridine rings is 1. The lowest BCUT2D eigenvalue weighted by Crippen LogP contribution is -2.49. The molecule has 1 atom stereocenters. The summed E-state index contributed by atoms with van der Waals surface area (Å²) in [7, 11) is 0. The zero-order chi connectivity index (χ0) is 15.0. The van der Waals surface area contributed by atoms with Gasteiger partial charge >= 0.3 is 6.18 Å². The fraction of sp³-hybridized carbons (Fsp3) is 0.500. The molecular weight excluding hydrogens is 339 g/mol. The molecule has 0 saturated carbocycles. The monoisotopic (exact) mass is 351 g/mol. The number of anilines is 1. The second kappa shape index (κ2) is 5.33. The predicted molar refractivity (Wildman–Crippen MR) is 71.3 cm³/mol. The minimum atomic E-state index is -4.59. The van der Waals surface area contributed by atoms with E-state index in [-0.39, 0.29) is 18.8 Å². The van der Waals surface area contributed by atoms with Crippen LogP contribution < -0.4 is 10.6 Å². The van der Waals surface area contributed by atoms with Crippen molar-refractivity contribution < 1.29 is 18.0 Å². The van der Waals surface area contributed by atoms with Gasteiger partial charge in [0.05, 0.1) is 0 Å². The third-order valence-corrected chi connectivity index (χ3v) is 4.25. The smallest absolute Gasteiger partial charge is 0.315 e. The molecule has 1 aliphatic rings. The van der Waals surface area contributed by atoms with Crippen LogP contribution in [0.5, 0.6) is 0 Å². The second-order valence-electron chi connectivity index (χ2n) is 4.78. The number of carbonyl (C=O) groups excluding carboxylic acids is 1. The molecule has 1 aromatic rings. The lowest BCUT2D eigenvalue weighted by molar-refractivity contribution is -0.213. The van der Waals surface area contributed by atoms with Crippen molar-refractivity contribution in [1.29, 1.82) is 0 Å². The Bertz CT molecular complexity index is 527. The average molecular weight is 352 g/mol. The van der Waals surface area contributed by atoms with Gasteiger partial charge in [0.1, 0.15) is 5.82 Å². The Morgan fingerprint density at radius 3 is 2.75 bits per heavy atom. The first-order chi connectivity index (χ1) is 9.26. The fourth-order valence-electron chi connectivity index (χ4n) is 2.10. The number of alkyl halides is 3. The topological polar surface area (TPSA) is 54.0 Å². The van der Waals surface area contributed by atoms with Gasteiger partial charge in [-0.2, -0.15) is 13.2 Å². The van der Waals surface area contributed by atoms with Crippen LogP contribution in [0.2, 0.25) is 0 Å². The van der Waals surface area contributed by atoms with Crippen LogP contribution in [-0.2, 0) is 4.79 Å². The van der Waals surface area contributed by atoms with Crippen molar-refractivity contribution in [3.8, 4) is 0 Å². The number of rotatable bonds is 2. The highest BCUT2D eigenvalue weighted by molar-refractivity contribution is 9.10. The van der Waals surface area contributed by atoms with E-state index >= 15 is 0 Å². The number of amides is 1. The van der Waals surface area contributed by atoms with Gasteiger partial charge in [0, 0.05) is 17.2 Å². The number of aryl methyl sites for hydroxylation is 1. The average Bonchev–Trinajstić information content (AvgIpc) is 2.84. The van der Waals surface area contributed by atoms with Crippen LogP contribution in [0.15, 0.2) is 16.7 Å². The molecule has 20 heavy (non-hydrogen) atoms. The van der Waals surface area contributed by atoms with E-state index < -0.39 is 24.0 Å². The maximum Gasteiger partial charge on any atom is 0.404 e. The van der Waals surface area contributed by atoms with Gasteiger partial charge in [0.2, 0.25) is 5.91 Å². The van der Waals surface area contributed by atoms with Crippen LogP contribution in [0.4, 0.5) is 19.0 Å². The molecule has 1 aromatic heterocycles. The maximum atomic E-state index is 13.2. The molecule has 110 valence electrons. The largest absolute Gasteiger partial charge is 0.404 e. The van der Waals surface area contributed by atoms with E-state index in [1.54, 1.807) is 6.92 Å². The van der Waals surface area contributed by atoms with Crippen LogP contribution in [0.25, 0.3) is 0 Å². The third-order valence-electron chi connectivity index (χ3n) is 3.42. The van der Waals surface area contributed by atoms with Crippen molar-refractivity contribution in [3.63, 3.8) is 0 Å². The van der Waals surface area contributed by atoms with E-state index in [1.807, 2.05) is 0 Å². The molecule has 8 heteroatoms. The summed E-state index contributed by atoms with van der Waals surface area (Å²) in [5.74, 6) is -0.949. The fourth-order valence-corrected chi connectivity index (χ4v) is 2.32. The molecule has 2 heterocycles. The minimum Gasteiger partial charge on any atom is -0.315 e. The maximum absolute atomic E-state index is 13.2. The van der Waals surface area contributed by atoms with Crippen LogP contribution in [0, 0.1) is 12.3 Å². The van der Waals surface area contributed by atoms with Crippen molar-refractivity contribution in [2.24, 2.45) is 5.41 Å². The van der Waals surface area contributed by atoms with Crippen LogP contribution in [0.3, 0.4) is 0 Å². The number of carbonyl (C=O) groups is 1. The van der Waals surface area contributed by atoms with Gasteiger partial charge in [-0.3, -0.25) is 4.79 Å². The summed E-state index contributed by atoms with van der Waals surface area (Å²) >= 11 is 3.24. The number of aromatic nitrogens is 1. The van der Waals surface area contributed by atoms with E-state index in [1.165, 1.54) is 12.3 Å². The molecular formula is C12H13BrF3N3O. The van der Waals surface area contributed by atoms with Crippen molar-refractivity contribution in [3.05, 3.63) is 22.3 Å². The van der Waals surface area contributed by atoms with Gasteiger partial charge < -0.3 is 10.6 Å². The normalized spacial score (nSPS) is 22.9. The molecule has 1 aliphatic heterocycles. The van der Waals surface area contributed by atoms with E-state index in [0.29, 0.717) is 0 Å². The summed E-state index contributed by atoms with van der Waals surface area (Å²) in [4.78, 5) is 16.0. The molecule has 1 saturated heterocycles. The van der Waals surface area contributed by atoms with E-state index in [0.717, 1.165) is 10.0 Å². The molecule has 1 amide bonds. The SMILES string of the molecule is Cc1cc(NC(=O)C2(C(F)(F)F)CCNC2)ncc1Br. The van der Waals surface area contributed by atoms with Crippen molar-refractivity contribution in [2.75, 3.05) is 18.4 Å². The summed E-state index contributed by atoms with van der Waals surface area (Å²) in [6, 6.07) is 1.52. The van der Waals surface area contributed by atoms with Crippen LogP contribution in [0.1, 0.15) is 12.0 Å². The lowest BCUT2D eigenvalue weighted by atomic mass is 9.85. The van der Waals surface area contributed by atoms with Crippen molar-refractivity contribution in [2.45, 2.75) is 19.5 Å². The molecule has 0 aromatic carbocycles. The Morgan fingerprint density at radius 2 is 2.25 bits per heavy atom. The molecule has 0 radical (unpaired) electrons. The minimum absolute atomic E-state index is 0.117. The molecule has 4 nitrogen and oxygen atoms in total. The Labute approximate surface area is 122 Å². The highest BCUT2D eigenvalue weighted by atomic mass is 79.9. The Balaban J connectivity index is 2.23. The van der Waals surface area contributed by atoms with Gasteiger partial charge in [-0.1, -0.05) is 0 Å². The predicted octanol–water partition coefficient (Wildman–Crippen LogP) is 2.63. The molecule has 2 N–H and O–H groups in total. The summed E-state index contributed by atoms with van der Waals surface area (Å²) in [6.45, 7) is 1.52. The zero-order valence-electron chi connectivity index (χ0n) is 10.6. The van der Waals surface area contributed by atoms with Crippen LogP contribution >= 0.6 is 15.9 Å². The quantitative estimate of drug-likeness (QED) is 0.861. The lowest BCUT2D eigenvalue weighted by Gasteiger charge is -2.29.